The first-order valence-electron chi connectivity index (χ1n) is 10.3. The topological polar surface area (TPSA) is 81.3 Å². The average Bonchev–Trinajstić information content (AvgIpc) is 3.30. The molecular weight excluding hydrogens is 410 g/mol. The maximum Gasteiger partial charge on any atom is 0.268 e. The van der Waals surface area contributed by atoms with E-state index in [0.29, 0.717) is 34.2 Å². The Morgan fingerprint density at radius 1 is 1.16 bits per heavy atom. The smallest absolute Gasteiger partial charge is 0.268 e. The maximum atomic E-state index is 13.5. The highest BCUT2D eigenvalue weighted by Gasteiger charge is 2.20. The van der Waals surface area contributed by atoms with Gasteiger partial charge in [-0.05, 0) is 45.4 Å². The van der Waals surface area contributed by atoms with Gasteiger partial charge in [0.05, 0.1) is 23.4 Å². The number of hydrogen-bond donors (Lipinski definition) is 1. The van der Waals surface area contributed by atoms with Crippen LogP contribution < -0.4 is 10.9 Å². The lowest BCUT2D eigenvalue weighted by molar-refractivity contribution is -0.120. The quantitative estimate of drug-likeness (QED) is 0.502. The van der Waals surface area contributed by atoms with Crippen molar-refractivity contribution in [3.8, 4) is 16.9 Å². The van der Waals surface area contributed by atoms with Crippen molar-refractivity contribution >= 4 is 22.2 Å². The summed E-state index contributed by atoms with van der Waals surface area (Å²) in [7, 11) is 0. The van der Waals surface area contributed by atoms with Gasteiger partial charge >= 0.3 is 0 Å². The van der Waals surface area contributed by atoms with Gasteiger partial charge in [0.1, 0.15) is 5.69 Å². The van der Waals surface area contributed by atoms with E-state index >= 15 is 0 Å². The summed E-state index contributed by atoms with van der Waals surface area (Å²) >= 11 is 1.36. The molecule has 160 valence electrons. The van der Waals surface area contributed by atoms with E-state index < -0.39 is 0 Å². The number of benzene rings is 1. The molecule has 31 heavy (non-hydrogen) atoms. The lowest BCUT2D eigenvalue weighted by atomic mass is 10.1. The molecule has 4 aromatic rings. The van der Waals surface area contributed by atoms with Crippen molar-refractivity contribution in [3.63, 3.8) is 0 Å². The molecule has 0 saturated heterocycles. The highest BCUT2D eigenvalue weighted by atomic mass is 32.1. The van der Waals surface area contributed by atoms with Crippen LogP contribution >= 0.6 is 11.3 Å². The third-order valence-electron chi connectivity index (χ3n) is 5.16. The van der Waals surface area contributed by atoms with E-state index in [4.69, 9.17) is 5.10 Å². The van der Waals surface area contributed by atoms with Crippen molar-refractivity contribution in [1.82, 2.24) is 24.5 Å². The van der Waals surface area contributed by atoms with Gasteiger partial charge in [0.2, 0.25) is 5.91 Å². The summed E-state index contributed by atoms with van der Waals surface area (Å²) in [5.41, 5.74) is 5.14. The number of amides is 1. The van der Waals surface area contributed by atoms with Crippen LogP contribution in [-0.4, -0.2) is 31.6 Å². The van der Waals surface area contributed by atoms with E-state index in [-0.39, 0.29) is 17.9 Å². The minimum Gasteiger partial charge on any atom is -0.356 e. The van der Waals surface area contributed by atoms with Gasteiger partial charge in [-0.25, -0.2) is 9.67 Å². The Morgan fingerprint density at radius 2 is 1.90 bits per heavy atom. The molecule has 0 bridgehead atoms. The zero-order chi connectivity index (χ0) is 22.1. The molecule has 0 fully saturated rings. The molecule has 0 aliphatic rings. The number of carbonyl (C=O) groups excluding carboxylic acids is 1. The molecule has 4 rings (SSSR count). The van der Waals surface area contributed by atoms with E-state index in [9.17, 15) is 9.59 Å². The third-order valence-corrected chi connectivity index (χ3v) is 6.03. The number of fused-ring (bicyclic) bond motifs is 1. The number of aryl methyl sites for hydroxylation is 3. The van der Waals surface area contributed by atoms with Crippen molar-refractivity contribution < 1.29 is 4.79 Å². The van der Waals surface area contributed by atoms with Crippen molar-refractivity contribution in [3.05, 3.63) is 68.7 Å². The molecule has 1 N–H and O–H groups in total. The summed E-state index contributed by atoms with van der Waals surface area (Å²) in [6.07, 6.45) is 1.00. The Balaban J connectivity index is 1.79. The standard InChI is InChI=1S/C23H25N5O2S/c1-5-10-24-20(29)12-18-13-31-23-25-16(4)21(22(30)27(18)23)19-11-15(3)28(26-19)17-8-6-14(2)7-9-17/h6-9,11,13H,5,10,12H2,1-4H3,(H,24,29). The van der Waals surface area contributed by atoms with E-state index in [1.165, 1.54) is 16.9 Å². The predicted octanol–water partition coefficient (Wildman–Crippen LogP) is 3.60. The molecule has 3 aromatic heterocycles. The summed E-state index contributed by atoms with van der Waals surface area (Å²) in [5, 5.41) is 9.40. The third kappa shape index (κ3) is 4.03. The summed E-state index contributed by atoms with van der Waals surface area (Å²) in [5.74, 6) is -0.102. The van der Waals surface area contributed by atoms with Gasteiger partial charge < -0.3 is 5.32 Å². The molecule has 3 heterocycles. The highest BCUT2D eigenvalue weighted by molar-refractivity contribution is 7.15. The normalized spacial score (nSPS) is 11.2. The summed E-state index contributed by atoms with van der Waals surface area (Å²) in [4.78, 5) is 30.9. The molecule has 0 spiro atoms. The Hall–Kier alpha value is -3.26. The monoisotopic (exact) mass is 435 g/mol. The molecule has 0 aliphatic carbocycles. The minimum absolute atomic E-state index is 0.102. The summed E-state index contributed by atoms with van der Waals surface area (Å²) in [6, 6.07) is 9.98. The van der Waals surface area contributed by atoms with Gasteiger partial charge in [-0.1, -0.05) is 24.6 Å². The Kier molecular flexibility index (Phi) is 5.73. The van der Waals surface area contributed by atoms with Crippen LogP contribution in [-0.2, 0) is 11.2 Å². The zero-order valence-corrected chi connectivity index (χ0v) is 18.9. The second-order valence-corrected chi connectivity index (χ2v) is 8.50. The second-order valence-electron chi connectivity index (χ2n) is 7.67. The lowest BCUT2D eigenvalue weighted by Crippen LogP contribution is -2.28. The summed E-state index contributed by atoms with van der Waals surface area (Å²) < 4.78 is 3.37. The van der Waals surface area contributed by atoms with Gasteiger partial charge in [-0.2, -0.15) is 5.10 Å². The molecular formula is C23H25N5O2S. The predicted molar refractivity (Wildman–Crippen MR) is 123 cm³/mol. The zero-order valence-electron chi connectivity index (χ0n) is 18.1. The number of nitrogens with one attached hydrogen (secondary N) is 1. The SMILES string of the molecule is CCCNC(=O)Cc1csc2nc(C)c(-c3cc(C)n(-c4ccc(C)cc4)n3)c(=O)n12. The fourth-order valence-corrected chi connectivity index (χ4v) is 4.48. The minimum atomic E-state index is -0.199. The van der Waals surface area contributed by atoms with E-state index in [2.05, 4.69) is 10.3 Å². The molecule has 0 saturated carbocycles. The molecule has 1 aromatic carbocycles. The molecule has 1 amide bonds. The molecule has 0 atom stereocenters. The largest absolute Gasteiger partial charge is 0.356 e. The van der Waals surface area contributed by atoms with Crippen molar-refractivity contribution in [2.45, 2.75) is 40.5 Å². The average molecular weight is 436 g/mol. The van der Waals surface area contributed by atoms with E-state index in [1.54, 1.807) is 4.40 Å². The number of carbonyl (C=O) groups is 1. The number of nitrogens with zero attached hydrogens (tertiary/aromatic N) is 4. The second kappa shape index (κ2) is 8.47. The number of hydrogen-bond acceptors (Lipinski definition) is 5. The molecule has 8 heteroatoms. The molecule has 7 nitrogen and oxygen atoms in total. The van der Waals surface area contributed by atoms with Crippen LogP contribution in [0.3, 0.4) is 0 Å². The lowest BCUT2D eigenvalue weighted by Gasteiger charge is -2.07. The van der Waals surface area contributed by atoms with Crippen LogP contribution in [0.1, 0.15) is 36.0 Å². The van der Waals surface area contributed by atoms with Gasteiger partial charge in [0, 0.05) is 23.3 Å². The van der Waals surface area contributed by atoms with Crippen LogP contribution in [0, 0.1) is 20.8 Å². The van der Waals surface area contributed by atoms with E-state index in [1.807, 2.05) is 68.1 Å². The molecule has 0 aliphatic heterocycles. The number of rotatable bonds is 6. The van der Waals surface area contributed by atoms with Gasteiger partial charge in [0.25, 0.3) is 5.56 Å². The summed E-state index contributed by atoms with van der Waals surface area (Å²) in [6.45, 7) is 8.44. The fourth-order valence-electron chi connectivity index (χ4n) is 3.56. The number of thiazole rings is 1. The first-order valence-corrected chi connectivity index (χ1v) is 11.2. The Labute approximate surface area is 184 Å². The van der Waals surface area contributed by atoms with Crippen LogP contribution in [0.4, 0.5) is 0 Å². The van der Waals surface area contributed by atoms with Crippen LogP contribution in [0.25, 0.3) is 21.9 Å². The number of aromatic nitrogens is 4. The molecule has 0 radical (unpaired) electrons. The Bertz CT molecular complexity index is 1310. The van der Waals surface area contributed by atoms with Gasteiger partial charge in [-0.15, -0.1) is 11.3 Å². The fraction of sp³-hybridized carbons (Fsp3) is 0.304. The van der Waals surface area contributed by atoms with Crippen LogP contribution in [0.2, 0.25) is 0 Å². The van der Waals surface area contributed by atoms with Gasteiger partial charge in [-0.3, -0.25) is 14.0 Å². The maximum absolute atomic E-state index is 13.5. The highest BCUT2D eigenvalue weighted by Crippen LogP contribution is 2.23. The van der Waals surface area contributed by atoms with Crippen molar-refractivity contribution in [2.24, 2.45) is 0 Å². The first kappa shape index (κ1) is 21.0. The van der Waals surface area contributed by atoms with Crippen molar-refractivity contribution in [1.29, 1.82) is 0 Å². The Morgan fingerprint density at radius 3 is 2.61 bits per heavy atom. The first-order chi connectivity index (χ1) is 14.9. The van der Waals surface area contributed by atoms with E-state index in [0.717, 1.165) is 17.8 Å². The van der Waals surface area contributed by atoms with Crippen LogP contribution in [0.15, 0.2) is 40.5 Å². The van der Waals surface area contributed by atoms with Crippen molar-refractivity contribution in [2.75, 3.05) is 6.54 Å². The van der Waals surface area contributed by atoms with Gasteiger partial charge in [0.15, 0.2) is 4.96 Å². The van der Waals surface area contributed by atoms with Crippen LogP contribution in [0.5, 0.6) is 0 Å². The molecule has 0 unspecified atom stereocenters.